The van der Waals surface area contributed by atoms with Crippen LogP contribution >= 0.6 is 0 Å². The van der Waals surface area contributed by atoms with Crippen LogP contribution in [0, 0.1) is 13.8 Å². The van der Waals surface area contributed by atoms with E-state index in [0.717, 1.165) is 37.1 Å². The van der Waals surface area contributed by atoms with E-state index in [1.54, 1.807) is 6.07 Å². The van der Waals surface area contributed by atoms with E-state index in [9.17, 15) is 13.2 Å². The molecule has 3 rings (SSSR count). The smallest absolute Gasteiger partial charge is 0.238 e. The summed E-state index contributed by atoms with van der Waals surface area (Å²) in [6, 6.07) is 11.2. The van der Waals surface area contributed by atoms with Gasteiger partial charge in [0, 0.05) is 25.9 Å². The first-order chi connectivity index (χ1) is 15.2. The SMILES string of the molecule is CCCn1c(CCC(=O)NCCCc2ccc(C)cc2C)nc2cc(S(N)(=O)=O)ccc21. The van der Waals surface area contributed by atoms with Crippen molar-refractivity contribution in [3.63, 3.8) is 0 Å². The lowest BCUT2D eigenvalue weighted by atomic mass is 10.0. The number of amides is 1. The summed E-state index contributed by atoms with van der Waals surface area (Å²) in [4.78, 5) is 17.0. The summed E-state index contributed by atoms with van der Waals surface area (Å²) < 4.78 is 25.3. The second-order valence-electron chi connectivity index (χ2n) is 8.26. The number of hydrogen-bond donors (Lipinski definition) is 2. The molecule has 0 saturated carbocycles. The number of carbonyl (C=O) groups is 1. The van der Waals surface area contributed by atoms with Crippen molar-refractivity contribution in [3.8, 4) is 0 Å². The van der Waals surface area contributed by atoms with Crippen LogP contribution in [0.25, 0.3) is 11.0 Å². The van der Waals surface area contributed by atoms with Crippen LogP contribution in [0.15, 0.2) is 41.3 Å². The predicted octanol–water partition coefficient (Wildman–Crippen LogP) is 3.39. The molecule has 7 nitrogen and oxygen atoms in total. The molecule has 32 heavy (non-hydrogen) atoms. The zero-order valence-electron chi connectivity index (χ0n) is 19.0. The first kappa shape index (κ1) is 23.9. The zero-order valence-corrected chi connectivity index (χ0v) is 19.8. The highest BCUT2D eigenvalue weighted by Crippen LogP contribution is 2.21. The maximum absolute atomic E-state index is 12.4. The zero-order chi connectivity index (χ0) is 23.3. The third kappa shape index (κ3) is 5.95. The van der Waals surface area contributed by atoms with E-state index in [0.29, 0.717) is 24.9 Å². The molecule has 1 aromatic heterocycles. The number of nitrogens with zero attached hydrogens (tertiary/aromatic N) is 2. The fraction of sp³-hybridized carbons (Fsp3) is 0.417. The molecule has 0 aliphatic carbocycles. The summed E-state index contributed by atoms with van der Waals surface area (Å²) in [6.45, 7) is 7.66. The Labute approximate surface area is 190 Å². The number of sulfonamides is 1. The number of aryl methyl sites for hydroxylation is 5. The topological polar surface area (TPSA) is 107 Å². The summed E-state index contributed by atoms with van der Waals surface area (Å²) in [7, 11) is -3.79. The van der Waals surface area contributed by atoms with Gasteiger partial charge in [-0.05, 0) is 62.4 Å². The van der Waals surface area contributed by atoms with E-state index >= 15 is 0 Å². The second kappa shape index (κ2) is 10.3. The third-order valence-electron chi connectivity index (χ3n) is 5.59. The molecular formula is C24H32N4O3S. The van der Waals surface area contributed by atoms with E-state index in [1.807, 2.05) is 0 Å². The molecule has 172 valence electrons. The van der Waals surface area contributed by atoms with Crippen LogP contribution in [-0.4, -0.2) is 30.4 Å². The number of fused-ring (bicyclic) bond motifs is 1. The van der Waals surface area contributed by atoms with Crippen molar-refractivity contribution in [1.29, 1.82) is 0 Å². The van der Waals surface area contributed by atoms with Crippen molar-refractivity contribution in [2.75, 3.05) is 6.54 Å². The molecule has 8 heteroatoms. The molecule has 0 spiro atoms. The molecular weight excluding hydrogens is 424 g/mol. The minimum atomic E-state index is -3.79. The van der Waals surface area contributed by atoms with Gasteiger partial charge in [0.05, 0.1) is 15.9 Å². The van der Waals surface area contributed by atoms with Crippen molar-refractivity contribution >= 4 is 27.0 Å². The number of hydrogen-bond acceptors (Lipinski definition) is 4. The maximum atomic E-state index is 12.4. The Morgan fingerprint density at radius 2 is 1.91 bits per heavy atom. The largest absolute Gasteiger partial charge is 0.356 e. The third-order valence-corrected chi connectivity index (χ3v) is 6.50. The summed E-state index contributed by atoms with van der Waals surface area (Å²) in [5, 5.41) is 8.24. The number of nitrogens with one attached hydrogen (secondary N) is 1. The van der Waals surface area contributed by atoms with Crippen LogP contribution in [0.4, 0.5) is 0 Å². The van der Waals surface area contributed by atoms with Gasteiger partial charge in [-0.1, -0.05) is 30.7 Å². The van der Waals surface area contributed by atoms with Gasteiger partial charge in [0.25, 0.3) is 0 Å². The number of imidazole rings is 1. The van der Waals surface area contributed by atoms with Gasteiger partial charge in [-0.25, -0.2) is 18.5 Å². The average molecular weight is 457 g/mol. The Morgan fingerprint density at radius 3 is 2.59 bits per heavy atom. The Morgan fingerprint density at radius 1 is 1.12 bits per heavy atom. The van der Waals surface area contributed by atoms with Crippen molar-refractivity contribution in [2.45, 2.75) is 64.3 Å². The molecule has 0 radical (unpaired) electrons. The maximum Gasteiger partial charge on any atom is 0.238 e. The fourth-order valence-corrected chi connectivity index (χ4v) is 4.48. The van der Waals surface area contributed by atoms with Gasteiger partial charge in [-0.2, -0.15) is 0 Å². The van der Waals surface area contributed by atoms with Crippen LogP contribution in [-0.2, 0) is 34.2 Å². The lowest BCUT2D eigenvalue weighted by Gasteiger charge is -2.09. The van der Waals surface area contributed by atoms with Crippen molar-refractivity contribution in [3.05, 3.63) is 58.9 Å². The second-order valence-corrected chi connectivity index (χ2v) is 9.82. The molecule has 2 aromatic carbocycles. The summed E-state index contributed by atoms with van der Waals surface area (Å²) >= 11 is 0. The number of aromatic nitrogens is 2. The highest BCUT2D eigenvalue weighted by molar-refractivity contribution is 7.89. The molecule has 3 N–H and O–H groups in total. The standard InChI is InChI=1S/C24H32N4O3S/c1-4-14-28-22-10-9-20(32(25,30)31)16-21(22)27-23(28)11-12-24(29)26-13-5-6-19-8-7-17(2)15-18(19)3/h7-10,15-16H,4-6,11-14H2,1-3H3,(H,26,29)(H2,25,30,31). The minimum Gasteiger partial charge on any atom is -0.356 e. The quantitative estimate of drug-likeness (QED) is 0.456. The van der Waals surface area contributed by atoms with Gasteiger partial charge >= 0.3 is 0 Å². The monoisotopic (exact) mass is 456 g/mol. The molecule has 0 saturated heterocycles. The molecule has 0 fully saturated rings. The molecule has 1 heterocycles. The van der Waals surface area contributed by atoms with E-state index in [-0.39, 0.29) is 10.8 Å². The average Bonchev–Trinajstić information content (AvgIpc) is 3.07. The first-order valence-electron chi connectivity index (χ1n) is 11.0. The highest BCUT2D eigenvalue weighted by Gasteiger charge is 2.15. The Bertz CT molecular complexity index is 1220. The molecule has 0 aliphatic rings. The lowest BCUT2D eigenvalue weighted by molar-refractivity contribution is -0.121. The number of nitrogens with two attached hydrogens (primary N) is 1. The fourth-order valence-electron chi connectivity index (χ4n) is 3.95. The number of primary sulfonamides is 1. The van der Waals surface area contributed by atoms with Crippen LogP contribution in [0.2, 0.25) is 0 Å². The molecule has 3 aromatic rings. The summed E-state index contributed by atoms with van der Waals surface area (Å²) in [5.41, 5.74) is 5.29. The predicted molar refractivity (Wildman–Crippen MR) is 127 cm³/mol. The van der Waals surface area contributed by atoms with Crippen molar-refractivity contribution in [2.24, 2.45) is 5.14 Å². The van der Waals surface area contributed by atoms with Gasteiger partial charge in [0.15, 0.2) is 0 Å². The van der Waals surface area contributed by atoms with Crippen molar-refractivity contribution < 1.29 is 13.2 Å². The van der Waals surface area contributed by atoms with Crippen LogP contribution < -0.4 is 10.5 Å². The van der Waals surface area contributed by atoms with Gasteiger partial charge in [-0.3, -0.25) is 4.79 Å². The first-order valence-corrected chi connectivity index (χ1v) is 12.6. The molecule has 1 amide bonds. The van der Waals surface area contributed by atoms with Gasteiger partial charge in [0.1, 0.15) is 5.82 Å². The van der Waals surface area contributed by atoms with E-state index in [4.69, 9.17) is 5.14 Å². The Balaban J connectivity index is 1.58. The van der Waals surface area contributed by atoms with Gasteiger partial charge < -0.3 is 9.88 Å². The highest BCUT2D eigenvalue weighted by atomic mass is 32.2. The van der Waals surface area contributed by atoms with Crippen LogP contribution in [0.5, 0.6) is 0 Å². The Kier molecular flexibility index (Phi) is 7.69. The summed E-state index contributed by atoms with van der Waals surface area (Å²) in [5.74, 6) is 0.768. The van der Waals surface area contributed by atoms with Gasteiger partial charge in [-0.15, -0.1) is 0 Å². The number of carbonyl (C=O) groups excluding carboxylic acids is 1. The van der Waals surface area contributed by atoms with Gasteiger partial charge in [0.2, 0.25) is 15.9 Å². The number of benzene rings is 2. The number of rotatable bonds is 10. The van der Waals surface area contributed by atoms with E-state index in [2.05, 4.69) is 53.8 Å². The summed E-state index contributed by atoms with van der Waals surface area (Å²) in [6.07, 6.45) is 3.55. The van der Waals surface area contributed by atoms with Crippen molar-refractivity contribution in [1.82, 2.24) is 14.9 Å². The van der Waals surface area contributed by atoms with E-state index < -0.39 is 10.0 Å². The minimum absolute atomic E-state index is 0.00837. The Hall–Kier alpha value is -2.71. The molecule has 0 aliphatic heterocycles. The van der Waals surface area contributed by atoms with Crippen LogP contribution in [0.3, 0.4) is 0 Å². The lowest BCUT2D eigenvalue weighted by Crippen LogP contribution is -2.25. The normalized spacial score (nSPS) is 11.8. The molecule has 0 bridgehead atoms. The molecule has 0 atom stereocenters. The van der Waals surface area contributed by atoms with E-state index in [1.165, 1.54) is 28.8 Å². The molecule has 0 unspecified atom stereocenters. The van der Waals surface area contributed by atoms with Crippen LogP contribution in [0.1, 0.15) is 48.7 Å².